The van der Waals surface area contributed by atoms with Gasteiger partial charge in [-0.25, -0.2) is 0 Å². The summed E-state index contributed by atoms with van der Waals surface area (Å²) in [6.07, 6.45) is 0.796. The molecule has 2 atom stereocenters. The third kappa shape index (κ3) is 1.94. The Hall–Kier alpha value is -0.120. The molecule has 1 aliphatic heterocycles. The van der Waals surface area contributed by atoms with E-state index in [1.54, 1.807) is 7.11 Å². The molecule has 0 aromatic rings. The van der Waals surface area contributed by atoms with Crippen molar-refractivity contribution in [1.29, 1.82) is 0 Å². The Kier molecular flexibility index (Phi) is 3.12. The van der Waals surface area contributed by atoms with E-state index in [0.29, 0.717) is 12.5 Å². The summed E-state index contributed by atoms with van der Waals surface area (Å²) < 4.78 is 4.84. The van der Waals surface area contributed by atoms with Gasteiger partial charge in [0.25, 0.3) is 0 Å². The molecule has 2 N–H and O–H groups in total. The van der Waals surface area contributed by atoms with Crippen LogP contribution in [0.4, 0.5) is 0 Å². The van der Waals surface area contributed by atoms with Crippen molar-refractivity contribution < 1.29 is 9.84 Å². The van der Waals surface area contributed by atoms with Gasteiger partial charge in [0.1, 0.15) is 0 Å². The van der Waals surface area contributed by atoms with E-state index in [9.17, 15) is 5.11 Å². The summed E-state index contributed by atoms with van der Waals surface area (Å²) in [6.45, 7) is 2.43. The van der Waals surface area contributed by atoms with Crippen LogP contribution in [0.1, 0.15) is 6.42 Å². The smallest absolute Gasteiger partial charge is 0.0814 e. The van der Waals surface area contributed by atoms with Gasteiger partial charge in [0.15, 0.2) is 0 Å². The van der Waals surface area contributed by atoms with E-state index < -0.39 is 0 Å². The maximum absolute atomic E-state index is 9.38. The number of hydrogen-bond donors (Lipinski definition) is 2. The quantitative estimate of drug-likeness (QED) is 0.568. The fourth-order valence-electron chi connectivity index (χ4n) is 1.31. The lowest BCUT2D eigenvalue weighted by molar-refractivity contribution is 0.0309. The normalized spacial score (nSPS) is 28.8. The second kappa shape index (κ2) is 3.91. The molecular formula is C7H15NO2. The number of nitrogens with one attached hydrogen (secondary N) is 1. The zero-order valence-electron chi connectivity index (χ0n) is 6.34. The first-order valence-corrected chi connectivity index (χ1v) is 3.72. The van der Waals surface area contributed by atoms with E-state index in [-0.39, 0.29) is 6.10 Å². The first-order valence-electron chi connectivity index (χ1n) is 3.72. The third-order valence-electron chi connectivity index (χ3n) is 1.98. The number of ether oxygens (including phenoxy) is 1. The third-order valence-corrected chi connectivity index (χ3v) is 1.98. The van der Waals surface area contributed by atoms with Crippen LogP contribution in [0.25, 0.3) is 0 Å². The Morgan fingerprint density at radius 1 is 1.80 bits per heavy atom. The van der Waals surface area contributed by atoms with Gasteiger partial charge in [0.2, 0.25) is 0 Å². The van der Waals surface area contributed by atoms with Gasteiger partial charge >= 0.3 is 0 Å². The first kappa shape index (κ1) is 7.98. The largest absolute Gasteiger partial charge is 0.390 e. The lowest BCUT2D eigenvalue weighted by atomic mass is 10.0. The summed E-state index contributed by atoms with van der Waals surface area (Å²) in [5.41, 5.74) is 0. The summed E-state index contributed by atoms with van der Waals surface area (Å²) in [5, 5.41) is 12.6. The second-order valence-corrected chi connectivity index (χ2v) is 2.78. The van der Waals surface area contributed by atoms with E-state index in [1.807, 2.05) is 0 Å². The van der Waals surface area contributed by atoms with Crippen LogP contribution in [0.5, 0.6) is 0 Å². The van der Waals surface area contributed by atoms with Gasteiger partial charge in [-0.15, -0.1) is 0 Å². The van der Waals surface area contributed by atoms with Crippen molar-refractivity contribution in [2.75, 3.05) is 26.8 Å². The maximum atomic E-state index is 9.38. The molecule has 3 nitrogen and oxygen atoms in total. The number of methoxy groups -OCH3 is 1. The lowest BCUT2D eigenvalue weighted by Crippen LogP contribution is -2.26. The van der Waals surface area contributed by atoms with Gasteiger partial charge in [-0.3, -0.25) is 0 Å². The molecule has 1 saturated heterocycles. The van der Waals surface area contributed by atoms with Crippen molar-refractivity contribution in [3.05, 3.63) is 0 Å². The number of aliphatic hydroxyl groups is 1. The van der Waals surface area contributed by atoms with Crippen LogP contribution in [0.15, 0.2) is 0 Å². The van der Waals surface area contributed by atoms with E-state index in [0.717, 1.165) is 19.5 Å². The Balaban J connectivity index is 2.18. The van der Waals surface area contributed by atoms with Crippen molar-refractivity contribution in [2.24, 2.45) is 5.92 Å². The molecule has 2 unspecified atom stereocenters. The van der Waals surface area contributed by atoms with Crippen LogP contribution in [0, 0.1) is 5.92 Å². The molecule has 1 rings (SSSR count). The van der Waals surface area contributed by atoms with Gasteiger partial charge in [0, 0.05) is 19.6 Å². The molecule has 3 heteroatoms. The minimum Gasteiger partial charge on any atom is -0.390 e. The van der Waals surface area contributed by atoms with Crippen LogP contribution in [0.3, 0.4) is 0 Å². The van der Waals surface area contributed by atoms with Gasteiger partial charge in [-0.1, -0.05) is 0 Å². The Morgan fingerprint density at radius 3 is 3.10 bits per heavy atom. The number of rotatable bonds is 3. The van der Waals surface area contributed by atoms with Gasteiger partial charge in [-0.2, -0.15) is 0 Å². The van der Waals surface area contributed by atoms with E-state index in [1.165, 1.54) is 0 Å². The van der Waals surface area contributed by atoms with Crippen molar-refractivity contribution in [1.82, 2.24) is 5.32 Å². The molecular weight excluding hydrogens is 130 g/mol. The minimum absolute atomic E-state index is 0.278. The van der Waals surface area contributed by atoms with Crippen molar-refractivity contribution in [3.8, 4) is 0 Å². The molecule has 0 radical (unpaired) electrons. The highest BCUT2D eigenvalue weighted by molar-refractivity contribution is 4.77. The molecule has 1 aliphatic rings. The fraction of sp³-hybridized carbons (Fsp3) is 1.00. The molecule has 0 aromatic carbocycles. The summed E-state index contributed by atoms with van der Waals surface area (Å²) in [5.74, 6) is 0.403. The standard InChI is InChI=1S/C7H15NO2/c1-10-5-7(9)6-2-3-8-4-6/h6-9H,2-5H2,1H3. The van der Waals surface area contributed by atoms with Crippen LogP contribution < -0.4 is 5.32 Å². The highest BCUT2D eigenvalue weighted by atomic mass is 16.5. The number of hydrogen-bond acceptors (Lipinski definition) is 3. The molecule has 0 spiro atoms. The topological polar surface area (TPSA) is 41.5 Å². The van der Waals surface area contributed by atoms with Gasteiger partial charge in [-0.05, 0) is 13.0 Å². The fourth-order valence-corrected chi connectivity index (χ4v) is 1.31. The molecule has 1 fully saturated rings. The van der Waals surface area contributed by atoms with Crippen LogP contribution >= 0.6 is 0 Å². The molecule has 0 bridgehead atoms. The minimum atomic E-state index is -0.278. The van der Waals surface area contributed by atoms with Crippen LogP contribution in [0.2, 0.25) is 0 Å². The lowest BCUT2D eigenvalue weighted by Gasteiger charge is -2.15. The van der Waals surface area contributed by atoms with Crippen LogP contribution in [-0.4, -0.2) is 38.0 Å². The predicted molar refractivity (Wildman–Crippen MR) is 38.9 cm³/mol. The van der Waals surface area contributed by atoms with Gasteiger partial charge < -0.3 is 15.2 Å². The summed E-state index contributed by atoms with van der Waals surface area (Å²) in [6, 6.07) is 0. The maximum Gasteiger partial charge on any atom is 0.0814 e. The molecule has 1 heterocycles. The monoisotopic (exact) mass is 145 g/mol. The SMILES string of the molecule is COCC(O)C1CCNC1. The van der Waals surface area contributed by atoms with Crippen molar-refractivity contribution in [3.63, 3.8) is 0 Å². The molecule has 10 heavy (non-hydrogen) atoms. The molecule has 0 saturated carbocycles. The highest BCUT2D eigenvalue weighted by Gasteiger charge is 2.22. The summed E-state index contributed by atoms with van der Waals surface area (Å²) >= 11 is 0. The zero-order valence-corrected chi connectivity index (χ0v) is 6.34. The Labute approximate surface area is 61.4 Å². The average molecular weight is 145 g/mol. The summed E-state index contributed by atoms with van der Waals surface area (Å²) in [7, 11) is 1.62. The highest BCUT2D eigenvalue weighted by Crippen LogP contribution is 2.12. The molecule has 0 amide bonds. The molecule has 0 aliphatic carbocycles. The summed E-state index contributed by atoms with van der Waals surface area (Å²) in [4.78, 5) is 0. The molecule has 0 aromatic heterocycles. The van der Waals surface area contributed by atoms with Crippen molar-refractivity contribution in [2.45, 2.75) is 12.5 Å². The zero-order chi connectivity index (χ0) is 7.40. The Bertz CT molecular complexity index is 91.6. The van der Waals surface area contributed by atoms with E-state index >= 15 is 0 Å². The second-order valence-electron chi connectivity index (χ2n) is 2.78. The first-order chi connectivity index (χ1) is 4.84. The van der Waals surface area contributed by atoms with Gasteiger partial charge in [0.05, 0.1) is 12.7 Å². The predicted octanol–water partition coefficient (Wildman–Crippen LogP) is -0.397. The Morgan fingerprint density at radius 2 is 2.60 bits per heavy atom. The van der Waals surface area contributed by atoms with Crippen molar-refractivity contribution >= 4 is 0 Å². The van der Waals surface area contributed by atoms with E-state index in [2.05, 4.69) is 5.32 Å². The molecule has 60 valence electrons. The van der Waals surface area contributed by atoms with E-state index in [4.69, 9.17) is 4.74 Å². The average Bonchev–Trinajstić information content (AvgIpc) is 2.38. The number of aliphatic hydroxyl groups excluding tert-OH is 1. The van der Waals surface area contributed by atoms with Crippen LogP contribution in [-0.2, 0) is 4.74 Å².